The van der Waals surface area contributed by atoms with Crippen molar-refractivity contribution in [3.8, 4) is 0 Å². The van der Waals surface area contributed by atoms with Gasteiger partial charge in [0.15, 0.2) is 9.84 Å². The van der Waals surface area contributed by atoms with Crippen LogP contribution in [0.2, 0.25) is 0 Å². The number of fused-ring (bicyclic) bond motifs is 1. The van der Waals surface area contributed by atoms with Gasteiger partial charge in [0.2, 0.25) is 10.0 Å². The number of aromatic amines is 1. The first-order valence-corrected chi connectivity index (χ1v) is 9.95. The molecule has 2 aromatic rings. The van der Waals surface area contributed by atoms with E-state index in [1.807, 2.05) is 0 Å². The molecule has 0 saturated carbocycles. The van der Waals surface area contributed by atoms with Gasteiger partial charge in [-0.3, -0.25) is 0 Å². The van der Waals surface area contributed by atoms with Crippen molar-refractivity contribution in [2.24, 2.45) is 0 Å². The summed E-state index contributed by atoms with van der Waals surface area (Å²) in [4.78, 5) is 2.46. The second-order valence-electron chi connectivity index (χ2n) is 5.04. The van der Waals surface area contributed by atoms with Gasteiger partial charge in [-0.1, -0.05) is 13.0 Å². The third-order valence-corrected chi connectivity index (χ3v) is 6.71. The highest BCUT2D eigenvalue weighted by atomic mass is 32.2. The highest BCUT2D eigenvalue weighted by molar-refractivity contribution is 7.91. The van der Waals surface area contributed by atoms with Crippen LogP contribution < -0.4 is 4.72 Å². The Morgan fingerprint density at radius 1 is 1.27 bits per heavy atom. The molecule has 0 radical (unpaired) electrons. The molecular weight excluding hydrogens is 331 g/mol. The van der Waals surface area contributed by atoms with Gasteiger partial charge in [-0.2, -0.15) is 0 Å². The molecule has 1 aromatic heterocycles. The van der Waals surface area contributed by atoms with Crippen molar-refractivity contribution in [3.63, 3.8) is 0 Å². The first kappa shape index (κ1) is 16.9. The van der Waals surface area contributed by atoms with Crippen LogP contribution in [0.5, 0.6) is 0 Å². The van der Waals surface area contributed by atoms with Crippen LogP contribution >= 0.6 is 0 Å². The fraction of sp³-hybridized carbons (Fsp3) is 0.385. The van der Waals surface area contributed by atoms with Gasteiger partial charge in [0.25, 0.3) is 0 Å². The van der Waals surface area contributed by atoms with Gasteiger partial charge in [-0.25, -0.2) is 25.9 Å². The van der Waals surface area contributed by atoms with Gasteiger partial charge < -0.3 is 4.98 Å². The number of H-pyrrole nitrogens is 1. The third kappa shape index (κ3) is 3.47. The van der Waals surface area contributed by atoms with Gasteiger partial charge in [0, 0.05) is 23.5 Å². The maximum Gasteiger partial charge on any atom is 0.243 e. The van der Waals surface area contributed by atoms with Crippen molar-refractivity contribution in [2.45, 2.75) is 24.8 Å². The summed E-state index contributed by atoms with van der Waals surface area (Å²) in [5.41, 5.74) is 0.356. The van der Waals surface area contributed by atoms with Crippen molar-refractivity contribution in [1.82, 2.24) is 9.71 Å². The molecular formula is C13H17FN2O4S2. The van der Waals surface area contributed by atoms with E-state index in [-0.39, 0.29) is 21.8 Å². The smallest absolute Gasteiger partial charge is 0.243 e. The molecule has 0 spiro atoms. The summed E-state index contributed by atoms with van der Waals surface area (Å²) in [6.45, 7) is 2.95. The molecule has 0 amide bonds. The van der Waals surface area contributed by atoms with Crippen LogP contribution in [0.3, 0.4) is 0 Å². The highest BCUT2D eigenvalue weighted by Crippen LogP contribution is 2.25. The molecule has 0 aliphatic carbocycles. The number of hydrogen-bond donors (Lipinski definition) is 2. The molecule has 2 N–H and O–H groups in total. The van der Waals surface area contributed by atoms with E-state index in [0.717, 1.165) is 0 Å². The summed E-state index contributed by atoms with van der Waals surface area (Å²) in [7, 11) is -7.35. The van der Waals surface area contributed by atoms with E-state index >= 15 is 0 Å². The molecule has 0 saturated heterocycles. The molecule has 1 aromatic carbocycles. The van der Waals surface area contributed by atoms with E-state index in [9.17, 15) is 21.2 Å². The molecule has 6 nitrogen and oxygen atoms in total. The van der Waals surface area contributed by atoms with E-state index in [4.69, 9.17) is 0 Å². The Kier molecular flexibility index (Phi) is 4.59. The van der Waals surface area contributed by atoms with Crippen LogP contribution in [0.25, 0.3) is 10.9 Å². The van der Waals surface area contributed by atoms with Crippen molar-refractivity contribution < 1.29 is 21.2 Å². The van der Waals surface area contributed by atoms with Crippen molar-refractivity contribution >= 4 is 30.8 Å². The Bertz CT molecular complexity index is 888. The Morgan fingerprint density at radius 2 is 1.95 bits per heavy atom. The molecule has 0 unspecified atom stereocenters. The molecule has 0 aliphatic heterocycles. The van der Waals surface area contributed by atoms with Crippen molar-refractivity contribution in [3.05, 3.63) is 30.2 Å². The largest absolute Gasteiger partial charge is 0.360 e. The van der Waals surface area contributed by atoms with E-state index in [1.165, 1.54) is 32.2 Å². The Morgan fingerprint density at radius 3 is 2.59 bits per heavy atom. The van der Waals surface area contributed by atoms with Crippen LogP contribution in [-0.4, -0.2) is 39.4 Å². The fourth-order valence-corrected chi connectivity index (χ4v) is 4.80. The normalized spacial score (nSPS) is 14.3. The first-order valence-electron chi connectivity index (χ1n) is 6.64. The molecule has 9 heteroatoms. The average Bonchev–Trinajstić information content (AvgIpc) is 2.83. The second-order valence-corrected chi connectivity index (χ2v) is 9.12. The standard InChI is InChI=1S/C13H17FN2O4S2/c1-3-21(17,18)8-9(2)16-22(19,20)12-7-15-11-6-4-5-10(14)13(11)12/h4-7,9,15-16H,3,8H2,1-2H3/t9-/m1/s1. The second kappa shape index (κ2) is 5.98. The molecule has 122 valence electrons. The molecule has 0 bridgehead atoms. The minimum atomic E-state index is -4.03. The zero-order valence-corrected chi connectivity index (χ0v) is 13.8. The average molecular weight is 348 g/mol. The highest BCUT2D eigenvalue weighted by Gasteiger charge is 2.25. The minimum Gasteiger partial charge on any atom is -0.360 e. The lowest BCUT2D eigenvalue weighted by Crippen LogP contribution is -2.37. The zero-order valence-electron chi connectivity index (χ0n) is 12.1. The summed E-state index contributed by atoms with van der Waals surface area (Å²) in [6, 6.07) is 3.38. The third-order valence-electron chi connectivity index (χ3n) is 3.21. The number of benzene rings is 1. The van der Waals surface area contributed by atoms with E-state index in [2.05, 4.69) is 9.71 Å². The first-order chi connectivity index (χ1) is 10.2. The molecule has 1 atom stereocenters. The zero-order chi connectivity index (χ0) is 16.5. The summed E-state index contributed by atoms with van der Waals surface area (Å²) in [5.74, 6) is -1.04. The topological polar surface area (TPSA) is 96.1 Å². The van der Waals surface area contributed by atoms with Crippen LogP contribution in [-0.2, 0) is 19.9 Å². The van der Waals surface area contributed by atoms with E-state index < -0.39 is 31.7 Å². The molecule has 1 heterocycles. The Hall–Kier alpha value is -1.45. The maximum absolute atomic E-state index is 13.9. The lowest BCUT2D eigenvalue weighted by molar-refractivity contribution is 0.563. The summed E-state index contributed by atoms with van der Waals surface area (Å²) in [6.07, 6.45) is 1.19. The molecule has 0 aliphatic rings. The number of aromatic nitrogens is 1. The molecule has 22 heavy (non-hydrogen) atoms. The lowest BCUT2D eigenvalue weighted by Gasteiger charge is -2.13. The van der Waals surface area contributed by atoms with Gasteiger partial charge in [0.1, 0.15) is 10.7 Å². The Labute approximate surface area is 128 Å². The number of nitrogens with one attached hydrogen (secondary N) is 2. The number of halogens is 1. The maximum atomic E-state index is 13.9. The number of sulfone groups is 1. The number of sulfonamides is 1. The quantitative estimate of drug-likeness (QED) is 0.825. The van der Waals surface area contributed by atoms with E-state index in [1.54, 1.807) is 6.07 Å². The Balaban J connectivity index is 2.34. The SMILES string of the molecule is CCS(=O)(=O)C[C@@H](C)NS(=O)(=O)c1c[nH]c2cccc(F)c12. The number of rotatable bonds is 6. The van der Waals surface area contributed by atoms with Gasteiger partial charge in [-0.15, -0.1) is 0 Å². The predicted octanol–water partition coefficient (Wildman–Crippen LogP) is 1.41. The van der Waals surface area contributed by atoms with Crippen LogP contribution in [0.1, 0.15) is 13.8 Å². The molecule has 2 rings (SSSR count). The molecule has 0 fully saturated rings. The van der Waals surface area contributed by atoms with Crippen molar-refractivity contribution in [2.75, 3.05) is 11.5 Å². The fourth-order valence-electron chi connectivity index (χ4n) is 2.18. The summed E-state index contributed by atoms with van der Waals surface area (Å²) >= 11 is 0. The summed E-state index contributed by atoms with van der Waals surface area (Å²) < 4.78 is 63.9. The van der Waals surface area contributed by atoms with Crippen LogP contribution in [0, 0.1) is 5.82 Å². The van der Waals surface area contributed by atoms with Crippen molar-refractivity contribution in [1.29, 1.82) is 0 Å². The van der Waals surface area contributed by atoms with Crippen LogP contribution in [0.4, 0.5) is 4.39 Å². The van der Waals surface area contributed by atoms with Gasteiger partial charge in [0.05, 0.1) is 11.1 Å². The van der Waals surface area contributed by atoms with Crippen LogP contribution in [0.15, 0.2) is 29.3 Å². The number of hydrogen-bond acceptors (Lipinski definition) is 4. The predicted molar refractivity (Wildman–Crippen MR) is 82.4 cm³/mol. The minimum absolute atomic E-state index is 0.0412. The lowest BCUT2D eigenvalue weighted by atomic mass is 10.2. The van der Waals surface area contributed by atoms with Gasteiger partial charge >= 0.3 is 0 Å². The van der Waals surface area contributed by atoms with Gasteiger partial charge in [-0.05, 0) is 19.1 Å². The van der Waals surface area contributed by atoms with E-state index in [0.29, 0.717) is 5.52 Å². The summed E-state index contributed by atoms with van der Waals surface area (Å²) in [5, 5.41) is -0.0412. The monoisotopic (exact) mass is 348 g/mol.